The molecule has 0 atom stereocenters. The molecular weight excluding hydrogens is 323 g/mol. The number of hydrogen-bond donors (Lipinski definition) is 1. The number of rotatable bonds is 6. The van der Waals surface area contributed by atoms with Crippen LogP contribution in [0.5, 0.6) is 0 Å². The Labute approximate surface area is 126 Å². The molecule has 1 aromatic carbocycles. The fourth-order valence-electron chi connectivity index (χ4n) is 1.88. The molecule has 6 heteroatoms. The van der Waals surface area contributed by atoms with Gasteiger partial charge in [-0.15, -0.1) is 5.10 Å². The normalized spacial score (nSPS) is 11.2. The van der Waals surface area contributed by atoms with Crippen LogP contribution in [-0.4, -0.2) is 21.5 Å². The number of aromatic nitrogens is 3. The van der Waals surface area contributed by atoms with Crippen molar-refractivity contribution in [2.45, 2.75) is 26.9 Å². The van der Waals surface area contributed by atoms with E-state index in [1.54, 1.807) is 4.68 Å². The van der Waals surface area contributed by atoms with Crippen LogP contribution in [0.15, 0.2) is 28.9 Å². The molecule has 20 heavy (non-hydrogen) atoms. The molecule has 0 fully saturated rings. The van der Waals surface area contributed by atoms with Crippen LogP contribution < -0.4 is 5.32 Å². The standard InChI is InChI=1S/C14H18BrFN4/c1-10(2)6-17-7-14-9-20(19-18-14)8-11-3-12(15)5-13(16)4-11/h3-5,9-10,17H,6-8H2,1-2H3. The second-order valence-corrected chi connectivity index (χ2v) is 6.13. The van der Waals surface area contributed by atoms with Gasteiger partial charge in [0.2, 0.25) is 0 Å². The third kappa shape index (κ3) is 4.68. The van der Waals surface area contributed by atoms with E-state index in [0.29, 0.717) is 19.0 Å². The average Bonchev–Trinajstić information content (AvgIpc) is 2.74. The van der Waals surface area contributed by atoms with Crippen molar-refractivity contribution >= 4 is 15.9 Å². The molecule has 1 heterocycles. The van der Waals surface area contributed by atoms with Crippen molar-refractivity contribution in [1.82, 2.24) is 20.3 Å². The van der Waals surface area contributed by atoms with E-state index in [2.05, 4.69) is 45.4 Å². The first-order chi connectivity index (χ1) is 9.52. The van der Waals surface area contributed by atoms with Crippen LogP contribution in [0, 0.1) is 11.7 Å². The second kappa shape index (κ2) is 6.95. The third-order valence-electron chi connectivity index (χ3n) is 2.71. The predicted molar refractivity (Wildman–Crippen MR) is 79.8 cm³/mol. The maximum absolute atomic E-state index is 13.3. The summed E-state index contributed by atoms with van der Waals surface area (Å²) in [5.41, 5.74) is 1.74. The minimum absolute atomic E-state index is 0.256. The molecule has 0 unspecified atom stereocenters. The molecule has 0 radical (unpaired) electrons. The van der Waals surface area contributed by atoms with E-state index in [1.807, 2.05) is 12.3 Å². The molecule has 0 aliphatic rings. The van der Waals surface area contributed by atoms with Gasteiger partial charge in [-0.25, -0.2) is 9.07 Å². The predicted octanol–water partition coefficient (Wildman–Crippen LogP) is 2.97. The largest absolute Gasteiger partial charge is 0.311 e. The Morgan fingerprint density at radius 1 is 1.35 bits per heavy atom. The molecule has 0 aliphatic heterocycles. The van der Waals surface area contributed by atoms with E-state index in [1.165, 1.54) is 12.1 Å². The SMILES string of the molecule is CC(C)CNCc1cn(Cc2cc(F)cc(Br)c2)nn1. The van der Waals surface area contributed by atoms with Crippen molar-refractivity contribution in [3.63, 3.8) is 0 Å². The maximum atomic E-state index is 13.3. The minimum Gasteiger partial charge on any atom is -0.311 e. The lowest BCUT2D eigenvalue weighted by atomic mass is 10.2. The van der Waals surface area contributed by atoms with Crippen LogP contribution in [0.3, 0.4) is 0 Å². The van der Waals surface area contributed by atoms with Gasteiger partial charge in [0.05, 0.1) is 18.4 Å². The zero-order chi connectivity index (χ0) is 14.5. The molecule has 1 aromatic heterocycles. The first-order valence-electron chi connectivity index (χ1n) is 6.57. The molecule has 0 bridgehead atoms. The number of nitrogens with one attached hydrogen (secondary N) is 1. The number of hydrogen-bond acceptors (Lipinski definition) is 3. The molecule has 4 nitrogen and oxygen atoms in total. The maximum Gasteiger partial charge on any atom is 0.124 e. The van der Waals surface area contributed by atoms with Crippen LogP contribution in [0.2, 0.25) is 0 Å². The molecule has 0 saturated heterocycles. The summed E-state index contributed by atoms with van der Waals surface area (Å²) in [5, 5.41) is 11.5. The Morgan fingerprint density at radius 2 is 2.15 bits per heavy atom. The topological polar surface area (TPSA) is 42.7 Å². The van der Waals surface area contributed by atoms with Crippen molar-refractivity contribution in [1.29, 1.82) is 0 Å². The van der Waals surface area contributed by atoms with Crippen LogP contribution in [0.25, 0.3) is 0 Å². The van der Waals surface area contributed by atoms with Crippen molar-refractivity contribution in [3.05, 3.63) is 45.9 Å². The summed E-state index contributed by atoms with van der Waals surface area (Å²) in [6.07, 6.45) is 1.88. The van der Waals surface area contributed by atoms with Crippen molar-refractivity contribution < 1.29 is 4.39 Å². The molecule has 2 aromatic rings. The van der Waals surface area contributed by atoms with Crippen LogP contribution in [0.4, 0.5) is 4.39 Å². The smallest absolute Gasteiger partial charge is 0.124 e. The lowest BCUT2D eigenvalue weighted by molar-refractivity contribution is 0.548. The highest BCUT2D eigenvalue weighted by molar-refractivity contribution is 9.10. The lowest BCUT2D eigenvalue weighted by Gasteiger charge is -2.04. The van der Waals surface area contributed by atoms with E-state index < -0.39 is 0 Å². The number of nitrogens with zero attached hydrogens (tertiary/aromatic N) is 3. The van der Waals surface area contributed by atoms with Crippen LogP contribution in [0.1, 0.15) is 25.1 Å². The van der Waals surface area contributed by atoms with Crippen LogP contribution in [-0.2, 0) is 13.1 Å². The van der Waals surface area contributed by atoms with Crippen LogP contribution >= 0.6 is 15.9 Å². The Kier molecular flexibility index (Phi) is 5.25. The van der Waals surface area contributed by atoms with Gasteiger partial charge in [0.15, 0.2) is 0 Å². The summed E-state index contributed by atoms with van der Waals surface area (Å²) < 4.78 is 15.7. The van der Waals surface area contributed by atoms with Crippen molar-refractivity contribution in [2.24, 2.45) is 5.92 Å². The number of halogens is 2. The van der Waals surface area contributed by atoms with E-state index in [-0.39, 0.29) is 5.82 Å². The quantitative estimate of drug-likeness (QED) is 0.878. The first-order valence-corrected chi connectivity index (χ1v) is 7.37. The minimum atomic E-state index is -0.256. The van der Waals surface area contributed by atoms with E-state index in [4.69, 9.17) is 0 Å². The highest BCUT2D eigenvalue weighted by atomic mass is 79.9. The Balaban J connectivity index is 1.95. The summed E-state index contributed by atoms with van der Waals surface area (Å²) in [4.78, 5) is 0. The molecule has 0 amide bonds. The Morgan fingerprint density at radius 3 is 2.85 bits per heavy atom. The highest BCUT2D eigenvalue weighted by Gasteiger charge is 2.04. The summed E-state index contributed by atoms with van der Waals surface area (Å²) in [7, 11) is 0. The van der Waals surface area contributed by atoms with E-state index >= 15 is 0 Å². The summed E-state index contributed by atoms with van der Waals surface area (Å²) in [6.45, 7) is 6.47. The second-order valence-electron chi connectivity index (χ2n) is 5.21. The monoisotopic (exact) mass is 340 g/mol. The van der Waals surface area contributed by atoms with Gasteiger partial charge in [0.25, 0.3) is 0 Å². The van der Waals surface area contributed by atoms with Gasteiger partial charge in [0.1, 0.15) is 5.82 Å². The van der Waals surface area contributed by atoms with Gasteiger partial charge in [-0.2, -0.15) is 0 Å². The highest BCUT2D eigenvalue weighted by Crippen LogP contribution is 2.15. The van der Waals surface area contributed by atoms with Gasteiger partial charge < -0.3 is 5.32 Å². The summed E-state index contributed by atoms with van der Waals surface area (Å²) in [5.74, 6) is 0.350. The zero-order valence-corrected chi connectivity index (χ0v) is 13.2. The van der Waals surface area contributed by atoms with Gasteiger partial charge in [-0.3, -0.25) is 0 Å². The Bertz CT molecular complexity index is 548. The summed E-state index contributed by atoms with van der Waals surface area (Å²) in [6, 6.07) is 4.82. The molecule has 0 aliphatic carbocycles. The van der Waals surface area contributed by atoms with Gasteiger partial charge in [-0.05, 0) is 36.2 Å². The average molecular weight is 341 g/mol. The number of benzene rings is 1. The lowest BCUT2D eigenvalue weighted by Crippen LogP contribution is -2.19. The van der Waals surface area contributed by atoms with E-state index in [0.717, 1.165) is 22.3 Å². The Hall–Kier alpha value is -1.27. The van der Waals surface area contributed by atoms with E-state index in [9.17, 15) is 4.39 Å². The zero-order valence-electron chi connectivity index (χ0n) is 11.6. The summed E-state index contributed by atoms with van der Waals surface area (Å²) >= 11 is 3.28. The van der Waals surface area contributed by atoms with Gasteiger partial charge >= 0.3 is 0 Å². The van der Waals surface area contributed by atoms with Crippen molar-refractivity contribution in [3.8, 4) is 0 Å². The molecule has 1 N–H and O–H groups in total. The fraction of sp³-hybridized carbons (Fsp3) is 0.429. The molecule has 0 spiro atoms. The van der Waals surface area contributed by atoms with Gasteiger partial charge in [-0.1, -0.05) is 35.0 Å². The fourth-order valence-corrected chi connectivity index (χ4v) is 2.39. The molecule has 0 saturated carbocycles. The molecule has 108 valence electrons. The third-order valence-corrected chi connectivity index (χ3v) is 3.17. The molecule has 2 rings (SSSR count). The van der Waals surface area contributed by atoms with Crippen molar-refractivity contribution in [2.75, 3.05) is 6.54 Å². The first kappa shape index (κ1) is 15.1. The molecular formula is C14H18BrFN4. The van der Waals surface area contributed by atoms with Gasteiger partial charge in [0, 0.05) is 11.0 Å².